The molecule has 6 nitrogen and oxygen atoms in total. The van der Waals surface area contributed by atoms with Crippen molar-refractivity contribution in [2.45, 2.75) is 44.1 Å². The van der Waals surface area contributed by atoms with E-state index in [9.17, 15) is 14.7 Å². The van der Waals surface area contributed by atoms with E-state index in [1.807, 2.05) is 14.0 Å². The highest BCUT2D eigenvalue weighted by molar-refractivity contribution is 8.00. The van der Waals surface area contributed by atoms with Crippen molar-refractivity contribution in [3.8, 4) is 0 Å². The number of aromatic nitrogens is 2. The molecule has 2 rings (SSSR count). The highest BCUT2D eigenvalue weighted by Crippen LogP contribution is 2.31. The van der Waals surface area contributed by atoms with E-state index in [1.54, 1.807) is 11.8 Å². The first-order valence-electron chi connectivity index (χ1n) is 8.20. The van der Waals surface area contributed by atoms with Gasteiger partial charge in [0.1, 0.15) is 0 Å². The molecule has 1 heterocycles. The van der Waals surface area contributed by atoms with Gasteiger partial charge in [-0.1, -0.05) is 24.6 Å². The molecule has 0 spiro atoms. The molecule has 0 bridgehead atoms. The first kappa shape index (κ1) is 19.5. The van der Waals surface area contributed by atoms with Crippen LogP contribution in [0.1, 0.15) is 29.2 Å². The molecule has 1 aromatic carbocycles. The summed E-state index contributed by atoms with van der Waals surface area (Å²) in [6, 6.07) is 4.20. The number of rotatable bonds is 7. The van der Waals surface area contributed by atoms with Gasteiger partial charge in [0.15, 0.2) is 0 Å². The lowest BCUT2D eigenvalue weighted by Crippen LogP contribution is -2.32. The Hall–Kier alpha value is -1.83. The lowest BCUT2D eigenvalue weighted by atomic mass is 10.1. The summed E-state index contributed by atoms with van der Waals surface area (Å²) in [5.41, 5.74) is 2.49. The summed E-state index contributed by atoms with van der Waals surface area (Å²) >= 11 is 1.77. The molecule has 2 aromatic rings. The number of thioether (sulfide) groups is 1. The topological polar surface area (TPSA) is 87.1 Å². The molecule has 3 N–H and O–H groups in total. The largest absolute Gasteiger partial charge is 0.391 e. The lowest BCUT2D eigenvalue weighted by molar-refractivity contribution is 0.278. The van der Waals surface area contributed by atoms with E-state index in [-0.39, 0.29) is 5.56 Å². The van der Waals surface area contributed by atoms with Crippen LogP contribution in [0.2, 0.25) is 0 Å². The van der Waals surface area contributed by atoms with Crippen LogP contribution in [0.25, 0.3) is 0 Å². The fourth-order valence-electron chi connectivity index (χ4n) is 2.83. The van der Waals surface area contributed by atoms with Crippen molar-refractivity contribution in [1.29, 1.82) is 0 Å². The fourth-order valence-corrected chi connectivity index (χ4v) is 4.00. The van der Waals surface area contributed by atoms with Crippen LogP contribution in [-0.4, -0.2) is 33.5 Å². The lowest BCUT2D eigenvalue weighted by Gasteiger charge is -2.18. The Morgan fingerprint density at radius 1 is 1.28 bits per heavy atom. The zero-order chi connectivity index (χ0) is 18.6. The van der Waals surface area contributed by atoms with Gasteiger partial charge in [0.2, 0.25) is 0 Å². The highest BCUT2D eigenvalue weighted by Gasteiger charge is 2.13. The van der Waals surface area contributed by atoms with Gasteiger partial charge in [0.05, 0.1) is 18.7 Å². The van der Waals surface area contributed by atoms with Crippen molar-refractivity contribution in [3.63, 3.8) is 0 Å². The second-order valence-electron chi connectivity index (χ2n) is 6.26. The first-order valence-corrected chi connectivity index (χ1v) is 9.08. The maximum Gasteiger partial charge on any atom is 0.328 e. The number of hydrogen-bond donors (Lipinski definition) is 3. The Kier molecular flexibility index (Phi) is 6.64. The number of benzene rings is 1. The summed E-state index contributed by atoms with van der Waals surface area (Å²) in [4.78, 5) is 27.2. The number of nitrogens with zero attached hydrogens (tertiary/aromatic N) is 1. The molecular weight excluding hydrogens is 338 g/mol. The van der Waals surface area contributed by atoms with Gasteiger partial charge < -0.3 is 10.4 Å². The SMILES string of the molecule is CNCC(C)Sc1c(C)cc(C)cc1Cn1cc(CO)c(=O)[nH]c1=O. The van der Waals surface area contributed by atoms with E-state index >= 15 is 0 Å². The van der Waals surface area contributed by atoms with E-state index in [2.05, 4.69) is 36.3 Å². The second kappa shape index (κ2) is 8.51. The minimum atomic E-state index is -0.540. The number of aliphatic hydroxyl groups excluding tert-OH is 1. The number of aryl methyl sites for hydroxylation is 2. The molecule has 1 atom stereocenters. The van der Waals surface area contributed by atoms with Crippen LogP contribution < -0.4 is 16.6 Å². The average Bonchev–Trinajstić information content (AvgIpc) is 2.53. The van der Waals surface area contributed by atoms with Crippen LogP contribution in [0.4, 0.5) is 0 Å². The predicted octanol–water partition coefficient (Wildman–Crippen LogP) is 1.39. The maximum absolute atomic E-state index is 12.1. The van der Waals surface area contributed by atoms with Gasteiger partial charge in [0.25, 0.3) is 5.56 Å². The minimum Gasteiger partial charge on any atom is -0.391 e. The number of nitrogens with one attached hydrogen (secondary N) is 2. The zero-order valence-electron chi connectivity index (χ0n) is 15.0. The van der Waals surface area contributed by atoms with E-state index in [0.29, 0.717) is 11.8 Å². The Morgan fingerprint density at radius 3 is 2.64 bits per heavy atom. The number of H-pyrrole nitrogens is 1. The van der Waals surface area contributed by atoms with Gasteiger partial charge in [-0.25, -0.2) is 4.79 Å². The van der Waals surface area contributed by atoms with E-state index in [4.69, 9.17) is 0 Å². The normalized spacial score (nSPS) is 12.4. The molecule has 0 amide bonds. The van der Waals surface area contributed by atoms with Crippen molar-refractivity contribution < 1.29 is 5.11 Å². The monoisotopic (exact) mass is 363 g/mol. The third-order valence-corrected chi connectivity index (χ3v) is 5.29. The van der Waals surface area contributed by atoms with Crippen LogP contribution in [0.5, 0.6) is 0 Å². The minimum absolute atomic E-state index is 0.182. The molecule has 0 saturated carbocycles. The number of hydrogen-bond acceptors (Lipinski definition) is 5. The molecular formula is C18H25N3O3S. The van der Waals surface area contributed by atoms with E-state index < -0.39 is 17.9 Å². The van der Waals surface area contributed by atoms with E-state index in [0.717, 1.165) is 22.6 Å². The standard InChI is InChI=1S/C18H25N3O3S/c1-11-5-12(2)16(25-13(3)7-19-4)14(6-11)8-21-9-15(10-22)17(23)20-18(21)24/h5-6,9,13,19,22H,7-8,10H2,1-4H3,(H,20,23,24). The zero-order valence-corrected chi connectivity index (χ0v) is 15.9. The third kappa shape index (κ3) is 4.84. The predicted molar refractivity (Wildman–Crippen MR) is 102 cm³/mol. The fraction of sp³-hybridized carbons (Fsp3) is 0.444. The van der Waals surface area contributed by atoms with E-state index in [1.165, 1.54) is 16.3 Å². The Morgan fingerprint density at radius 2 is 2.00 bits per heavy atom. The molecule has 1 unspecified atom stereocenters. The van der Waals surface area contributed by atoms with Crippen LogP contribution in [0.3, 0.4) is 0 Å². The van der Waals surface area contributed by atoms with Crippen LogP contribution in [0, 0.1) is 13.8 Å². The Balaban J connectivity index is 2.45. The molecule has 136 valence electrons. The van der Waals surface area contributed by atoms with Crippen LogP contribution >= 0.6 is 11.8 Å². The Labute approximate surface area is 151 Å². The van der Waals surface area contributed by atoms with Gasteiger partial charge in [-0.05, 0) is 32.0 Å². The maximum atomic E-state index is 12.1. The average molecular weight is 363 g/mol. The van der Waals surface area contributed by atoms with Gasteiger partial charge in [0, 0.05) is 22.9 Å². The molecule has 0 radical (unpaired) electrons. The summed E-state index contributed by atoms with van der Waals surface area (Å²) in [7, 11) is 1.93. The highest BCUT2D eigenvalue weighted by atomic mass is 32.2. The van der Waals surface area contributed by atoms with Crippen molar-refractivity contribution in [2.75, 3.05) is 13.6 Å². The number of aromatic amines is 1. The molecule has 0 aliphatic rings. The van der Waals surface area contributed by atoms with Gasteiger partial charge >= 0.3 is 5.69 Å². The van der Waals surface area contributed by atoms with Crippen molar-refractivity contribution in [2.24, 2.45) is 0 Å². The van der Waals surface area contributed by atoms with Gasteiger partial charge in [-0.2, -0.15) is 0 Å². The Bertz CT molecular complexity index is 858. The smallest absolute Gasteiger partial charge is 0.328 e. The summed E-state index contributed by atoms with van der Waals surface area (Å²) in [5, 5.41) is 12.8. The van der Waals surface area contributed by atoms with Crippen molar-refractivity contribution >= 4 is 11.8 Å². The summed E-state index contributed by atoms with van der Waals surface area (Å²) in [6.45, 7) is 7.07. The van der Waals surface area contributed by atoms with Crippen molar-refractivity contribution in [3.05, 3.63) is 61.4 Å². The first-order chi connectivity index (χ1) is 11.8. The van der Waals surface area contributed by atoms with Crippen LogP contribution in [-0.2, 0) is 13.2 Å². The molecule has 0 saturated heterocycles. The second-order valence-corrected chi connectivity index (χ2v) is 7.70. The molecule has 0 fully saturated rings. The van der Waals surface area contributed by atoms with Gasteiger partial charge in [-0.15, -0.1) is 11.8 Å². The van der Waals surface area contributed by atoms with Crippen LogP contribution in [0.15, 0.2) is 32.8 Å². The third-order valence-electron chi connectivity index (χ3n) is 3.90. The number of aliphatic hydroxyl groups is 1. The molecule has 0 aliphatic carbocycles. The molecule has 25 heavy (non-hydrogen) atoms. The van der Waals surface area contributed by atoms with Gasteiger partial charge in [-0.3, -0.25) is 14.3 Å². The summed E-state index contributed by atoms with van der Waals surface area (Å²) < 4.78 is 1.44. The molecule has 1 aromatic heterocycles. The molecule has 0 aliphatic heterocycles. The summed E-state index contributed by atoms with van der Waals surface area (Å²) in [5.74, 6) is 0. The quantitative estimate of drug-likeness (QED) is 0.647. The molecule has 7 heteroatoms. The van der Waals surface area contributed by atoms with Crippen molar-refractivity contribution in [1.82, 2.24) is 14.9 Å². The summed E-state index contributed by atoms with van der Waals surface area (Å²) in [6.07, 6.45) is 1.43.